The SMILES string of the molecule is COCCO[C@H]1CC[C@H](N)C1. The fourth-order valence-electron chi connectivity index (χ4n) is 1.42. The van der Waals surface area contributed by atoms with Crippen LogP contribution in [0, 0.1) is 0 Å². The van der Waals surface area contributed by atoms with E-state index in [9.17, 15) is 0 Å². The van der Waals surface area contributed by atoms with Crippen molar-refractivity contribution in [2.45, 2.75) is 31.4 Å². The van der Waals surface area contributed by atoms with Gasteiger partial charge in [0.05, 0.1) is 19.3 Å². The van der Waals surface area contributed by atoms with Crippen LogP contribution in [0.4, 0.5) is 0 Å². The fourth-order valence-corrected chi connectivity index (χ4v) is 1.42. The Morgan fingerprint density at radius 1 is 1.36 bits per heavy atom. The average molecular weight is 159 g/mol. The molecular weight excluding hydrogens is 142 g/mol. The molecule has 0 aromatic heterocycles. The highest BCUT2D eigenvalue weighted by molar-refractivity contribution is 4.77. The summed E-state index contributed by atoms with van der Waals surface area (Å²) in [6, 6.07) is 0.363. The predicted molar refractivity (Wildman–Crippen MR) is 43.4 cm³/mol. The van der Waals surface area contributed by atoms with Crippen LogP contribution in [-0.2, 0) is 9.47 Å². The van der Waals surface area contributed by atoms with E-state index >= 15 is 0 Å². The Balaban J connectivity index is 1.99. The van der Waals surface area contributed by atoms with Crippen molar-refractivity contribution in [1.82, 2.24) is 0 Å². The van der Waals surface area contributed by atoms with E-state index in [1.807, 2.05) is 0 Å². The van der Waals surface area contributed by atoms with Crippen LogP contribution in [0.1, 0.15) is 19.3 Å². The standard InChI is InChI=1S/C8H17NO2/c1-10-4-5-11-8-3-2-7(9)6-8/h7-8H,2-6,9H2,1H3/t7-,8-/m0/s1. The second-order valence-corrected chi connectivity index (χ2v) is 3.06. The number of hydrogen-bond acceptors (Lipinski definition) is 3. The third kappa shape index (κ3) is 3.18. The predicted octanol–water partition coefficient (Wildman–Crippen LogP) is 0.529. The molecule has 11 heavy (non-hydrogen) atoms. The summed E-state index contributed by atoms with van der Waals surface area (Å²) in [7, 11) is 1.68. The molecule has 2 atom stereocenters. The van der Waals surface area contributed by atoms with E-state index in [1.165, 1.54) is 0 Å². The highest BCUT2D eigenvalue weighted by Gasteiger charge is 2.21. The number of methoxy groups -OCH3 is 1. The van der Waals surface area contributed by atoms with Crippen LogP contribution in [0.3, 0.4) is 0 Å². The lowest BCUT2D eigenvalue weighted by Crippen LogP contribution is -2.18. The van der Waals surface area contributed by atoms with Crippen molar-refractivity contribution in [3.8, 4) is 0 Å². The van der Waals surface area contributed by atoms with E-state index in [0.29, 0.717) is 25.4 Å². The average Bonchev–Trinajstić information content (AvgIpc) is 2.37. The van der Waals surface area contributed by atoms with Gasteiger partial charge in [-0.25, -0.2) is 0 Å². The molecule has 0 saturated heterocycles. The quantitative estimate of drug-likeness (QED) is 0.608. The summed E-state index contributed by atoms with van der Waals surface area (Å²) in [5.74, 6) is 0. The second-order valence-electron chi connectivity index (χ2n) is 3.06. The van der Waals surface area contributed by atoms with E-state index in [0.717, 1.165) is 19.3 Å². The zero-order valence-corrected chi connectivity index (χ0v) is 7.08. The van der Waals surface area contributed by atoms with Crippen molar-refractivity contribution in [2.24, 2.45) is 5.73 Å². The van der Waals surface area contributed by atoms with Crippen molar-refractivity contribution in [3.63, 3.8) is 0 Å². The maximum Gasteiger partial charge on any atom is 0.0704 e. The molecule has 0 aromatic rings. The molecule has 0 aliphatic heterocycles. The summed E-state index contributed by atoms with van der Waals surface area (Å²) in [4.78, 5) is 0. The van der Waals surface area contributed by atoms with E-state index in [1.54, 1.807) is 7.11 Å². The number of rotatable bonds is 4. The van der Waals surface area contributed by atoms with Gasteiger partial charge in [0.2, 0.25) is 0 Å². The Hall–Kier alpha value is -0.120. The van der Waals surface area contributed by atoms with Gasteiger partial charge in [-0.15, -0.1) is 0 Å². The molecule has 2 N–H and O–H groups in total. The molecule has 3 heteroatoms. The van der Waals surface area contributed by atoms with Gasteiger partial charge in [-0.05, 0) is 19.3 Å². The second kappa shape index (κ2) is 4.70. The van der Waals surface area contributed by atoms with Gasteiger partial charge in [0.15, 0.2) is 0 Å². The Kier molecular flexibility index (Phi) is 3.83. The molecule has 0 spiro atoms. The molecule has 1 fully saturated rings. The van der Waals surface area contributed by atoms with Crippen molar-refractivity contribution in [2.75, 3.05) is 20.3 Å². The minimum Gasteiger partial charge on any atom is -0.382 e. The van der Waals surface area contributed by atoms with Gasteiger partial charge < -0.3 is 15.2 Å². The third-order valence-electron chi connectivity index (χ3n) is 2.07. The molecule has 0 aromatic carbocycles. The minimum atomic E-state index is 0.363. The molecule has 1 saturated carbocycles. The zero-order chi connectivity index (χ0) is 8.10. The zero-order valence-electron chi connectivity index (χ0n) is 7.08. The molecule has 1 aliphatic carbocycles. The first-order chi connectivity index (χ1) is 5.33. The first-order valence-corrected chi connectivity index (χ1v) is 4.19. The van der Waals surface area contributed by atoms with Gasteiger partial charge in [-0.2, -0.15) is 0 Å². The molecular formula is C8H17NO2. The normalized spacial score (nSPS) is 31.1. The molecule has 0 unspecified atom stereocenters. The Labute approximate surface area is 67.9 Å². The summed E-state index contributed by atoms with van der Waals surface area (Å²) in [6.45, 7) is 1.39. The summed E-state index contributed by atoms with van der Waals surface area (Å²) in [5, 5.41) is 0. The van der Waals surface area contributed by atoms with Gasteiger partial charge in [0.1, 0.15) is 0 Å². The van der Waals surface area contributed by atoms with Crippen molar-refractivity contribution < 1.29 is 9.47 Å². The molecule has 66 valence electrons. The molecule has 0 amide bonds. The van der Waals surface area contributed by atoms with Gasteiger partial charge in [0.25, 0.3) is 0 Å². The topological polar surface area (TPSA) is 44.5 Å². The van der Waals surface area contributed by atoms with Crippen LogP contribution in [0.2, 0.25) is 0 Å². The van der Waals surface area contributed by atoms with Crippen LogP contribution >= 0.6 is 0 Å². The van der Waals surface area contributed by atoms with E-state index in [4.69, 9.17) is 15.2 Å². The number of hydrogen-bond donors (Lipinski definition) is 1. The molecule has 1 aliphatic rings. The summed E-state index contributed by atoms with van der Waals surface area (Å²) < 4.78 is 10.4. The third-order valence-corrected chi connectivity index (χ3v) is 2.07. The van der Waals surface area contributed by atoms with Gasteiger partial charge >= 0.3 is 0 Å². The van der Waals surface area contributed by atoms with Crippen LogP contribution < -0.4 is 5.73 Å². The Morgan fingerprint density at radius 2 is 2.18 bits per heavy atom. The molecule has 1 rings (SSSR count). The van der Waals surface area contributed by atoms with Gasteiger partial charge in [0, 0.05) is 13.2 Å². The maximum atomic E-state index is 5.72. The Bertz CT molecular complexity index is 108. The molecule has 0 bridgehead atoms. The Morgan fingerprint density at radius 3 is 2.73 bits per heavy atom. The lowest BCUT2D eigenvalue weighted by molar-refractivity contribution is 0.0205. The van der Waals surface area contributed by atoms with Gasteiger partial charge in [-0.3, -0.25) is 0 Å². The first kappa shape index (κ1) is 8.97. The fraction of sp³-hybridized carbons (Fsp3) is 1.00. The van der Waals surface area contributed by atoms with E-state index < -0.39 is 0 Å². The van der Waals surface area contributed by atoms with Crippen LogP contribution in [0.5, 0.6) is 0 Å². The molecule has 0 heterocycles. The van der Waals surface area contributed by atoms with Crippen molar-refractivity contribution >= 4 is 0 Å². The van der Waals surface area contributed by atoms with Crippen molar-refractivity contribution in [1.29, 1.82) is 0 Å². The van der Waals surface area contributed by atoms with Crippen LogP contribution in [0.25, 0.3) is 0 Å². The highest BCUT2D eigenvalue weighted by Crippen LogP contribution is 2.19. The van der Waals surface area contributed by atoms with Crippen molar-refractivity contribution in [3.05, 3.63) is 0 Å². The highest BCUT2D eigenvalue weighted by atomic mass is 16.5. The lowest BCUT2D eigenvalue weighted by atomic mass is 10.3. The molecule has 0 radical (unpaired) electrons. The summed E-state index contributed by atoms with van der Waals surface area (Å²) in [5.41, 5.74) is 5.72. The van der Waals surface area contributed by atoms with Crippen LogP contribution in [0.15, 0.2) is 0 Å². The first-order valence-electron chi connectivity index (χ1n) is 4.19. The minimum absolute atomic E-state index is 0.363. The van der Waals surface area contributed by atoms with Gasteiger partial charge in [-0.1, -0.05) is 0 Å². The largest absolute Gasteiger partial charge is 0.382 e. The number of ether oxygens (including phenoxy) is 2. The summed E-state index contributed by atoms with van der Waals surface area (Å²) >= 11 is 0. The summed E-state index contributed by atoms with van der Waals surface area (Å²) in [6.07, 6.45) is 3.63. The maximum absolute atomic E-state index is 5.72. The number of nitrogens with two attached hydrogens (primary N) is 1. The molecule has 3 nitrogen and oxygen atoms in total. The van der Waals surface area contributed by atoms with Crippen LogP contribution in [-0.4, -0.2) is 32.5 Å². The lowest BCUT2D eigenvalue weighted by Gasteiger charge is -2.10. The van der Waals surface area contributed by atoms with E-state index in [2.05, 4.69) is 0 Å². The smallest absolute Gasteiger partial charge is 0.0704 e. The van der Waals surface area contributed by atoms with E-state index in [-0.39, 0.29) is 0 Å². The monoisotopic (exact) mass is 159 g/mol.